The zero-order chi connectivity index (χ0) is 15.0. The number of benzene rings is 1. The average Bonchev–Trinajstić information content (AvgIpc) is 2.38. The summed E-state index contributed by atoms with van der Waals surface area (Å²) in [5.74, 6) is 1.30. The fraction of sp³-hybridized carbons (Fsp3) is 0.684. The van der Waals surface area contributed by atoms with Crippen LogP contribution in [0.1, 0.15) is 71.8 Å². The van der Waals surface area contributed by atoms with Crippen molar-refractivity contribution in [1.29, 1.82) is 0 Å². The van der Waals surface area contributed by atoms with Gasteiger partial charge in [-0.1, -0.05) is 71.6 Å². The van der Waals surface area contributed by atoms with Crippen LogP contribution in [0.25, 0.3) is 0 Å². The highest BCUT2D eigenvalue weighted by Gasteiger charge is 2.22. The Hall–Kier alpha value is -0.980. The number of hydrogen-bond acceptors (Lipinski definition) is 1. The molecule has 1 aromatic carbocycles. The van der Waals surface area contributed by atoms with Crippen LogP contribution in [0, 0.1) is 11.3 Å². The highest BCUT2D eigenvalue weighted by molar-refractivity contribution is 5.31. The largest absolute Gasteiger partial charge is 0.508 e. The van der Waals surface area contributed by atoms with Gasteiger partial charge in [0.05, 0.1) is 0 Å². The van der Waals surface area contributed by atoms with Crippen molar-refractivity contribution in [2.24, 2.45) is 11.3 Å². The Balaban J connectivity index is 2.26. The molecular formula is C19H32O. The molecule has 0 amide bonds. The number of aromatic hydroxyl groups is 1. The SMILES string of the molecule is CCCC(CCCCCc1ccccc1O)C(C)(C)C. The molecule has 0 heterocycles. The van der Waals surface area contributed by atoms with E-state index >= 15 is 0 Å². The maximum absolute atomic E-state index is 9.73. The molecule has 0 fully saturated rings. The van der Waals surface area contributed by atoms with Gasteiger partial charge in [0.2, 0.25) is 0 Å². The average molecular weight is 276 g/mol. The molecule has 1 N–H and O–H groups in total. The first-order valence-corrected chi connectivity index (χ1v) is 8.22. The van der Waals surface area contributed by atoms with E-state index in [1.54, 1.807) is 6.07 Å². The van der Waals surface area contributed by atoms with Crippen molar-refractivity contribution in [3.05, 3.63) is 29.8 Å². The summed E-state index contributed by atoms with van der Waals surface area (Å²) in [6.45, 7) is 9.40. The van der Waals surface area contributed by atoms with Crippen LogP contribution < -0.4 is 0 Å². The highest BCUT2D eigenvalue weighted by Crippen LogP contribution is 2.34. The predicted octanol–water partition coefficient (Wildman–Crippen LogP) is 5.96. The van der Waals surface area contributed by atoms with Crippen LogP contribution in [0.15, 0.2) is 24.3 Å². The van der Waals surface area contributed by atoms with Crippen LogP contribution in [0.3, 0.4) is 0 Å². The molecule has 20 heavy (non-hydrogen) atoms. The molecule has 0 aromatic heterocycles. The van der Waals surface area contributed by atoms with Gasteiger partial charge < -0.3 is 5.11 Å². The summed E-state index contributed by atoms with van der Waals surface area (Å²) in [6.07, 6.45) is 8.75. The molecule has 0 saturated carbocycles. The van der Waals surface area contributed by atoms with Gasteiger partial charge in [0.1, 0.15) is 5.75 Å². The van der Waals surface area contributed by atoms with E-state index in [-0.39, 0.29) is 0 Å². The standard InChI is InChI=1S/C19H32O/c1-5-11-17(19(2,3)4)14-8-6-7-12-16-13-9-10-15-18(16)20/h9-10,13,15,17,20H,5-8,11-12,14H2,1-4H3. The minimum Gasteiger partial charge on any atom is -0.508 e. The molecule has 0 aliphatic carbocycles. The molecule has 1 rings (SSSR count). The first-order valence-electron chi connectivity index (χ1n) is 8.22. The Kier molecular flexibility index (Phi) is 7.12. The second-order valence-electron chi connectivity index (χ2n) is 7.08. The molecule has 1 nitrogen and oxygen atoms in total. The third kappa shape index (κ3) is 5.98. The van der Waals surface area contributed by atoms with Gasteiger partial charge in [0.15, 0.2) is 0 Å². The quantitative estimate of drug-likeness (QED) is 0.581. The molecule has 0 bridgehead atoms. The van der Waals surface area contributed by atoms with Gasteiger partial charge in [0.25, 0.3) is 0 Å². The van der Waals surface area contributed by atoms with Gasteiger partial charge in [-0.15, -0.1) is 0 Å². The summed E-state index contributed by atoms with van der Waals surface area (Å²) in [5.41, 5.74) is 1.53. The summed E-state index contributed by atoms with van der Waals surface area (Å²) < 4.78 is 0. The lowest BCUT2D eigenvalue weighted by Crippen LogP contribution is -2.20. The number of phenols is 1. The molecular weight excluding hydrogens is 244 g/mol. The zero-order valence-electron chi connectivity index (χ0n) is 13.8. The second kappa shape index (κ2) is 8.34. The third-order valence-corrected chi connectivity index (χ3v) is 4.35. The molecule has 114 valence electrons. The molecule has 0 aliphatic rings. The number of rotatable bonds is 8. The third-order valence-electron chi connectivity index (χ3n) is 4.35. The maximum Gasteiger partial charge on any atom is 0.118 e. The van der Waals surface area contributed by atoms with Crippen LogP contribution in [-0.4, -0.2) is 5.11 Å². The van der Waals surface area contributed by atoms with E-state index in [0.29, 0.717) is 11.2 Å². The Morgan fingerprint density at radius 2 is 1.70 bits per heavy atom. The topological polar surface area (TPSA) is 20.2 Å². The van der Waals surface area contributed by atoms with Crippen LogP contribution in [0.5, 0.6) is 5.75 Å². The predicted molar refractivity (Wildman–Crippen MR) is 88.1 cm³/mol. The van der Waals surface area contributed by atoms with Gasteiger partial charge in [0, 0.05) is 0 Å². The van der Waals surface area contributed by atoms with E-state index in [2.05, 4.69) is 27.7 Å². The lowest BCUT2D eigenvalue weighted by atomic mass is 9.75. The van der Waals surface area contributed by atoms with Crippen molar-refractivity contribution < 1.29 is 5.11 Å². The van der Waals surface area contributed by atoms with Crippen LogP contribution in [0.4, 0.5) is 0 Å². The minimum absolute atomic E-state index is 0.438. The minimum atomic E-state index is 0.438. The highest BCUT2D eigenvalue weighted by atomic mass is 16.3. The number of unbranched alkanes of at least 4 members (excludes halogenated alkanes) is 2. The van der Waals surface area contributed by atoms with E-state index in [1.165, 1.54) is 38.5 Å². The van der Waals surface area contributed by atoms with Crippen molar-refractivity contribution in [2.75, 3.05) is 0 Å². The molecule has 0 aliphatic heterocycles. The molecule has 1 heteroatoms. The van der Waals surface area contributed by atoms with E-state index in [4.69, 9.17) is 0 Å². The lowest BCUT2D eigenvalue weighted by molar-refractivity contribution is 0.205. The molecule has 0 radical (unpaired) electrons. The summed E-state index contributed by atoms with van der Waals surface area (Å²) in [4.78, 5) is 0. The van der Waals surface area contributed by atoms with Gasteiger partial charge >= 0.3 is 0 Å². The maximum atomic E-state index is 9.73. The van der Waals surface area contributed by atoms with E-state index < -0.39 is 0 Å². The van der Waals surface area contributed by atoms with E-state index in [9.17, 15) is 5.11 Å². The molecule has 1 atom stereocenters. The summed E-state index contributed by atoms with van der Waals surface area (Å²) in [5, 5.41) is 9.73. The first kappa shape index (κ1) is 17.1. The van der Waals surface area contributed by atoms with Crippen molar-refractivity contribution >= 4 is 0 Å². The van der Waals surface area contributed by atoms with Crippen molar-refractivity contribution in [1.82, 2.24) is 0 Å². The number of phenolic OH excluding ortho intramolecular Hbond substituents is 1. The zero-order valence-corrected chi connectivity index (χ0v) is 13.8. The smallest absolute Gasteiger partial charge is 0.118 e. The monoisotopic (exact) mass is 276 g/mol. The van der Waals surface area contributed by atoms with Crippen molar-refractivity contribution in [3.63, 3.8) is 0 Å². The van der Waals surface area contributed by atoms with Gasteiger partial charge in [-0.3, -0.25) is 0 Å². The first-order chi connectivity index (χ1) is 9.45. The second-order valence-corrected chi connectivity index (χ2v) is 7.08. The van der Waals surface area contributed by atoms with Crippen LogP contribution in [0.2, 0.25) is 0 Å². The fourth-order valence-electron chi connectivity index (χ4n) is 2.96. The number of hydrogen-bond donors (Lipinski definition) is 1. The summed E-state index contributed by atoms with van der Waals surface area (Å²) in [7, 11) is 0. The number of aryl methyl sites for hydroxylation is 1. The molecule has 1 unspecified atom stereocenters. The van der Waals surface area contributed by atoms with E-state index in [0.717, 1.165) is 17.9 Å². The van der Waals surface area contributed by atoms with E-state index in [1.807, 2.05) is 18.2 Å². The van der Waals surface area contributed by atoms with Crippen LogP contribution >= 0.6 is 0 Å². The summed E-state index contributed by atoms with van der Waals surface area (Å²) >= 11 is 0. The molecule has 1 aromatic rings. The van der Waals surface area contributed by atoms with Crippen molar-refractivity contribution in [2.45, 2.75) is 72.6 Å². The molecule has 0 saturated heterocycles. The van der Waals surface area contributed by atoms with Gasteiger partial charge in [-0.25, -0.2) is 0 Å². The Morgan fingerprint density at radius 3 is 2.30 bits per heavy atom. The Morgan fingerprint density at radius 1 is 1.00 bits per heavy atom. The van der Waals surface area contributed by atoms with Gasteiger partial charge in [-0.05, 0) is 42.2 Å². The lowest BCUT2D eigenvalue weighted by Gasteiger charge is -2.30. The summed E-state index contributed by atoms with van der Waals surface area (Å²) in [6, 6.07) is 7.71. The number of para-hydroxylation sites is 1. The van der Waals surface area contributed by atoms with Crippen molar-refractivity contribution in [3.8, 4) is 5.75 Å². The Bertz CT molecular complexity index is 376. The van der Waals surface area contributed by atoms with Gasteiger partial charge in [-0.2, -0.15) is 0 Å². The fourth-order valence-corrected chi connectivity index (χ4v) is 2.96. The normalized spacial score (nSPS) is 13.4. The van der Waals surface area contributed by atoms with Crippen LogP contribution in [-0.2, 0) is 6.42 Å². The molecule has 0 spiro atoms. The Labute approximate surface area is 125 Å².